The average molecular weight is 207 g/mol. The van der Waals surface area contributed by atoms with Gasteiger partial charge in [0.1, 0.15) is 5.75 Å². The lowest BCUT2D eigenvalue weighted by Gasteiger charge is -2.15. The molecule has 0 amide bonds. The average Bonchev–Trinajstić information content (AvgIpc) is 2.25. The Morgan fingerprint density at radius 2 is 2.33 bits per heavy atom. The maximum atomic E-state index is 5.51. The SMILES string of the molecule is COc1cnccc1C(C=C(C)C)NN. The standard InChI is InChI=1S/C11H17N3O/c1-8(2)6-10(14-12)9-4-5-13-7-11(9)15-3/h4-7,10,14H,12H2,1-3H3. The first-order valence-electron chi connectivity index (χ1n) is 4.78. The van der Waals surface area contributed by atoms with Crippen molar-refractivity contribution in [2.75, 3.05) is 7.11 Å². The van der Waals surface area contributed by atoms with Crippen LogP contribution >= 0.6 is 0 Å². The molecule has 0 saturated carbocycles. The number of ether oxygens (including phenoxy) is 1. The number of hydrazine groups is 1. The molecule has 1 unspecified atom stereocenters. The number of nitrogens with zero attached hydrogens (tertiary/aromatic N) is 1. The summed E-state index contributed by atoms with van der Waals surface area (Å²) in [5, 5.41) is 0. The third-order valence-corrected chi connectivity index (χ3v) is 2.05. The van der Waals surface area contributed by atoms with Crippen LogP contribution in [0.1, 0.15) is 25.5 Å². The van der Waals surface area contributed by atoms with Crippen LogP contribution in [0, 0.1) is 0 Å². The number of pyridine rings is 1. The lowest BCUT2D eigenvalue weighted by molar-refractivity contribution is 0.403. The van der Waals surface area contributed by atoms with Crippen LogP contribution in [-0.2, 0) is 0 Å². The van der Waals surface area contributed by atoms with Crippen molar-refractivity contribution >= 4 is 0 Å². The van der Waals surface area contributed by atoms with E-state index in [1.807, 2.05) is 26.0 Å². The number of hydrogen-bond acceptors (Lipinski definition) is 4. The van der Waals surface area contributed by atoms with Crippen molar-refractivity contribution in [3.05, 3.63) is 35.7 Å². The first-order chi connectivity index (χ1) is 7.19. The van der Waals surface area contributed by atoms with E-state index in [2.05, 4.69) is 10.4 Å². The molecule has 0 aromatic carbocycles. The third kappa shape index (κ3) is 3.04. The Bertz CT molecular complexity index is 345. The normalized spacial score (nSPS) is 12.0. The second-order valence-corrected chi connectivity index (χ2v) is 3.51. The van der Waals surface area contributed by atoms with Crippen molar-refractivity contribution in [1.29, 1.82) is 0 Å². The molecule has 82 valence electrons. The van der Waals surface area contributed by atoms with E-state index >= 15 is 0 Å². The first-order valence-corrected chi connectivity index (χ1v) is 4.78. The zero-order valence-electron chi connectivity index (χ0n) is 9.32. The quantitative estimate of drug-likeness (QED) is 0.447. The van der Waals surface area contributed by atoms with Crippen molar-refractivity contribution in [3.8, 4) is 5.75 Å². The number of nitrogens with two attached hydrogens (primary N) is 1. The van der Waals surface area contributed by atoms with Crippen molar-refractivity contribution in [2.24, 2.45) is 5.84 Å². The Morgan fingerprint density at radius 1 is 1.60 bits per heavy atom. The molecule has 0 aliphatic carbocycles. The predicted octanol–water partition coefficient (Wildman–Crippen LogP) is 1.56. The van der Waals surface area contributed by atoms with Gasteiger partial charge in [-0.15, -0.1) is 0 Å². The van der Waals surface area contributed by atoms with Gasteiger partial charge in [0.25, 0.3) is 0 Å². The van der Waals surface area contributed by atoms with Gasteiger partial charge in [0.2, 0.25) is 0 Å². The molecule has 15 heavy (non-hydrogen) atoms. The largest absolute Gasteiger partial charge is 0.495 e. The molecular formula is C11H17N3O. The van der Waals surface area contributed by atoms with Gasteiger partial charge < -0.3 is 4.74 Å². The fourth-order valence-corrected chi connectivity index (χ4v) is 1.38. The van der Waals surface area contributed by atoms with Crippen molar-refractivity contribution in [2.45, 2.75) is 19.9 Å². The van der Waals surface area contributed by atoms with Gasteiger partial charge in [-0.25, -0.2) is 5.43 Å². The van der Waals surface area contributed by atoms with E-state index in [1.165, 1.54) is 5.57 Å². The van der Waals surface area contributed by atoms with E-state index < -0.39 is 0 Å². The van der Waals surface area contributed by atoms with Crippen LogP contribution in [-0.4, -0.2) is 12.1 Å². The highest BCUT2D eigenvalue weighted by atomic mass is 16.5. The molecule has 1 atom stereocenters. The molecule has 0 bridgehead atoms. The van der Waals surface area contributed by atoms with E-state index in [-0.39, 0.29) is 6.04 Å². The number of nitrogens with one attached hydrogen (secondary N) is 1. The molecule has 0 fully saturated rings. The van der Waals surface area contributed by atoms with E-state index in [1.54, 1.807) is 19.5 Å². The zero-order chi connectivity index (χ0) is 11.3. The lowest BCUT2D eigenvalue weighted by atomic mass is 10.1. The molecular weight excluding hydrogens is 190 g/mol. The summed E-state index contributed by atoms with van der Waals surface area (Å²) in [4.78, 5) is 4.00. The summed E-state index contributed by atoms with van der Waals surface area (Å²) >= 11 is 0. The van der Waals surface area contributed by atoms with Gasteiger partial charge >= 0.3 is 0 Å². The fourth-order valence-electron chi connectivity index (χ4n) is 1.38. The Balaban J connectivity index is 3.06. The summed E-state index contributed by atoms with van der Waals surface area (Å²) < 4.78 is 5.22. The second kappa shape index (κ2) is 5.48. The van der Waals surface area contributed by atoms with Crippen LogP contribution < -0.4 is 16.0 Å². The van der Waals surface area contributed by atoms with Crippen LogP contribution in [0.3, 0.4) is 0 Å². The lowest BCUT2D eigenvalue weighted by Crippen LogP contribution is -2.27. The van der Waals surface area contributed by atoms with Gasteiger partial charge in [-0.1, -0.05) is 11.6 Å². The van der Waals surface area contributed by atoms with Gasteiger partial charge in [-0.2, -0.15) is 0 Å². The fraction of sp³-hybridized carbons (Fsp3) is 0.364. The Morgan fingerprint density at radius 3 is 2.87 bits per heavy atom. The molecule has 0 spiro atoms. The van der Waals surface area contributed by atoms with Crippen molar-refractivity contribution in [1.82, 2.24) is 10.4 Å². The number of aromatic nitrogens is 1. The summed E-state index contributed by atoms with van der Waals surface area (Å²) in [5.74, 6) is 6.24. The molecule has 1 aromatic rings. The minimum atomic E-state index is -0.0482. The number of allylic oxidation sites excluding steroid dienone is 1. The summed E-state index contributed by atoms with van der Waals surface area (Å²) in [6.45, 7) is 4.05. The monoisotopic (exact) mass is 207 g/mol. The highest BCUT2D eigenvalue weighted by Crippen LogP contribution is 2.24. The molecule has 3 N–H and O–H groups in total. The van der Waals surface area contributed by atoms with Gasteiger partial charge in [0, 0.05) is 11.8 Å². The molecule has 0 saturated heterocycles. The first kappa shape index (κ1) is 11.7. The highest BCUT2D eigenvalue weighted by Gasteiger charge is 2.11. The molecule has 4 heteroatoms. The van der Waals surface area contributed by atoms with Crippen LogP contribution in [0.15, 0.2) is 30.1 Å². The zero-order valence-corrected chi connectivity index (χ0v) is 9.32. The topological polar surface area (TPSA) is 60.2 Å². The van der Waals surface area contributed by atoms with Crippen molar-refractivity contribution in [3.63, 3.8) is 0 Å². The Kier molecular flexibility index (Phi) is 4.27. The minimum absolute atomic E-state index is 0.0482. The van der Waals surface area contributed by atoms with E-state index in [9.17, 15) is 0 Å². The number of rotatable bonds is 4. The summed E-state index contributed by atoms with van der Waals surface area (Å²) in [6.07, 6.45) is 5.44. The maximum Gasteiger partial charge on any atom is 0.142 e. The number of methoxy groups -OCH3 is 1. The van der Waals surface area contributed by atoms with Crippen LogP contribution in [0.2, 0.25) is 0 Å². The molecule has 4 nitrogen and oxygen atoms in total. The summed E-state index contributed by atoms with van der Waals surface area (Å²) in [7, 11) is 1.62. The summed E-state index contributed by atoms with van der Waals surface area (Å²) in [6, 6.07) is 1.84. The molecule has 0 aliphatic rings. The predicted molar refractivity (Wildman–Crippen MR) is 60.3 cm³/mol. The smallest absolute Gasteiger partial charge is 0.142 e. The van der Waals surface area contributed by atoms with Crippen LogP contribution in [0.4, 0.5) is 0 Å². The third-order valence-electron chi connectivity index (χ3n) is 2.05. The van der Waals surface area contributed by atoms with E-state index in [4.69, 9.17) is 10.6 Å². The maximum absolute atomic E-state index is 5.51. The second-order valence-electron chi connectivity index (χ2n) is 3.51. The molecule has 1 heterocycles. The van der Waals surface area contributed by atoms with Gasteiger partial charge in [0.05, 0.1) is 19.3 Å². The summed E-state index contributed by atoms with van der Waals surface area (Å²) in [5.41, 5.74) is 4.91. The minimum Gasteiger partial charge on any atom is -0.495 e. The van der Waals surface area contributed by atoms with Crippen molar-refractivity contribution < 1.29 is 4.74 Å². The van der Waals surface area contributed by atoms with Gasteiger partial charge in [0.15, 0.2) is 0 Å². The van der Waals surface area contributed by atoms with E-state index in [0.29, 0.717) is 0 Å². The van der Waals surface area contributed by atoms with Gasteiger partial charge in [-0.05, 0) is 19.9 Å². The van der Waals surface area contributed by atoms with Crippen LogP contribution in [0.25, 0.3) is 0 Å². The molecule has 0 radical (unpaired) electrons. The molecule has 1 rings (SSSR count). The molecule has 1 aromatic heterocycles. The van der Waals surface area contributed by atoms with Crippen LogP contribution in [0.5, 0.6) is 5.75 Å². The Hall–Kier alpha value is -1.39. The number of hydrogen-bond donors (Lipinski definition) is 2. The highest BCUT2D eigenvalue weighted by molar-refractivity contribution is 5.35. The Labute approximate surface area is 90.1 Å². The molecule has 0 aliphatic heterocycles. The van der Waals surface area contributed by atoms with Gasteiger partial charge in [-0.3, -0.25) is 10.8 Å². The van der Waals surface area contributed by atoms with E-state index in [0.717, 1.165) is 11.3 Å².